The molecule has 1 unspecified atom stereocenters. The Labute approximate surface area is 113 Å². The lowest BCUT2D eigenvalue weighted by Crippen LogP contribution is -2.30. The monoisotopic (exact) mass is 266 g/mol. The van der Waals surface area contributed by atoms with Crippen LogP contribution in [0.4, 0.5) is 10.1 Å². The summed E-state index contributed by atoms with van der Waals surface area (Å²) in [6.45, 7) is 4.49. The maximum Gasteiger partial charge on any atom is 0.135 e. The highest BCUT2D eigenvalue weighted by Gasteiger charge is 2.34. The van der Waals surface area contributed by atoms with Crippen molar-refractivity contribution in [2.45, 2.75) is 39.2 Å². The molecule has 1 aliphatic carbocycles. The molecule has 2 rings (SSSR count). The molecule has 0 aliphatic heterocycles. The molecule has 18 heavy (non-hydrogen) atoms. The SMILES string of the molecule is CC1(C)CCCC1Nc1ccc(C(N)=S)c(F)c1. The lowest BCUT2D eigenvalue weighted by Gasteiger charge is -2.28. The first-order valence-electron chi connectivity index (χ1n) is 6.26. The second kappa shape index (κ2) is 4.84. The van der Waals surface area contributed by atoms with E-state index in [-0.39, 0.29) is 16.2 Å². The van der Waals surface area contributed by atoms with E-state index in [1.807, 2.05) is 6.07 Å². The van der Waals surface area contributed by atoms with Crippen LogP contribution in [0.25, 0.3) is 0 Å². The van der Waals surface area contributed by atoms with Crippen LogP contribution in [0.1, 0.15) is 38.7 Å². The van der Waals surface area contributed by atoms with Crippen LogP contribution in [0.3, 0.4) is 0 Å². The van der Waals surface area contributed by atoms with E-state index in [0.717, 1.165) is 12.1 Å². The Balaban J connectivity index is 2.16. The van der Waals surface area contributed by atoms with E-state index in [1.165, 1.54) is 18.9 Å². The molecule has 1 aromatic rings. The Morgan fingerprint density at radius 3 is 2.72 bits per heavy atom. The van der Waals surface area contributed by atoms with E-state index < -0.39 is 0 Å². The van der Waals surface area contributed by atoms with Crippen molar-refractivity contribution in [1.82, 2.24) is 0 Å². The van der Waals surface area contributed by atoms with Crippen LogP contribution in [0.5, 0.6) is 0 Å². The summed E-state index contributed by atoms with van der Waals surface area (Å²) in [4.78, 5) is 0.0975. The maximum absolute atomic E-state index is 13.8. The average Bonchev–Trinajstić information content (AvgIpc) is 2.58. The quantitative estimate of drug-likeness (QED) is 0.823. The molecule has 98 valence electrons. The zero-order valence-corrected chi connectivity index (χ0v) is 11.6. The number of nitrogens with one attached hydrogen (secondary N) is 1. The van der Waals surface area contributed by atoms with E-state index in [9.17, 15) is 4.39 Å². The van der Waals surface area contributed by atoms with Crippen LogP contribution in [0.2, 0.25) is 0 Å². The molecule has 3 N–H and O–H groups in total. The standard InChI is InChI=1S/C14H19FN2S/c1-14(2)7-3-4-12(14)17-9-5-6-10(13(16)18)11(15)8-9/h5-6,8,12,17H,3-4,7H2,1-2H3,(H2,16,18). The van der Waals surface area contributed by atoms with Gasteiger partial charge in [0, 0.05) is 17.3 Å². The molecular weight excluding hydrogens is 247 g/mol. The first-order chi connectivity index (χ1) is 8.40. The van der Waals surface area contributed by atoms with E-state index in [2.05, 4.69) is 19.2 Å². The van der Waals surface area contributed by atoms with E-state index in [4.69, 9.17) is 18.0 Å². The van der Waals surface area contributed by atoms with Crippen molar-refractivity contribution in [3.05, 3.63) is 29.6 Å². The first kappa shape index (κ1) is 13.3. The fourth-order valence-electron chi connectivity index (χ4n) is 2.60. The fraction of sp³-hybridized carbons (Fsp3) is 0.500. The summed E-state index contributed by atoms with van der Waals surface area (Å²) in [6.07, 6.45) is 3.56. The van der Waals surface area contributed by atoms with Gasteiger partial charge in [0.1, 0.15) is 10.8 Å². The minimum Gasteiger partial charge on any atom is -0.389 e. The van der Waals surface area contributed by atoms with Crippen molar-refractivity contribution >= 4 is 22.9 Å². The summed E-state index contributed by atoms with van der Waals surface area (Å²) in [6, 6.07) is 5.35. The first-order valence-corrected chi connectivity index (χ1v) is 6.67. The Morgan fingerprint density at radius 1 is 1.50 bits per heavy atom. The number of benzene rings is 1. The van der Waals surface area contributed by atoms with Gasteiger partial charge in [-0.1, -0.05) is 32.5 Å². The molecule has 0 spiro atoms. The zero-order valence-electron chi connectivity index (χ0n) is 10.8. The Hall–Kier alpha value is -1.16. The summed E-state index contributed by atoms with van der Waals surface area (Å²) in [5.74, 6) is -0.358. The number of halogens is 1. The van der Waals surface area contributed by atoms with Gasteiger partial charge in [-0.25, -0.2) is 4.39 Å². The van der Waals surface area contributed by atoms with E-state index >= 15 is 0 Å². The zero-order chi connectivity index (χ0) is 13.3. The second-order valence-electron chi connectivity index (χ2n) is 5.64. The van der Waals surface area contributed by atoms with Crippen LogP contribution in [-0.4, -0.2) is 11.0 Å². The van der Waals surface area contributed by atoms with Gasteiger partial charge in [-0.15, -0.1) is 0 Å². The number of hydrogen-bond acceptors (Lipinski definition) is 2. The molecule has 0 aromatic heterocycles. The highest BCUT2D eigenvalue weighted by molar-refractivity contribution is 7.80. The predicted molar refractivity (Wildman–Crippen MR) is 77.3 cm³/mol. The van der Waals surface area contributed by atoms with Gasteiger partial charge >= 0.3 is 0 Å². The van der Waals surface area contributed by atoms with Crippen molar-refractivity contribution in [3.63, 3.8) is 0 Å². The lowest BCUT2D eigenvalue weighted by molar-refractivity contribution is 0.350. The van der Waals surface area contributed by atoms with Crippen LogP contribution in [-0.2, 0) is 0 Å². The molecule has 0 saturated heterocycles. The normalized spacial score (nSPS) is 21.8. The topological polar surface area (TPSA) is 38.0 Å². The maximum atomic E-state index is 13.8. The minimum atomic E-state index is -0.358. The van der Waals surface area contributed by atoms with Crippen molar-refractivity contribution in [3.8, 4) is 0 Å². The molecule has 1 atom stereocenters. The van der Waals surface area contributed by atoms with Crippen LogP contribution in [0.15, 0.2) is 18.2 Å². The smallest absolute Gasteiger partial charge is 0.135 e. The summed E-state index contributed by atoms with van der Waals surface area (Å²) in [5.41, 5.74) is 6.81. The van der Waals surface area contributed by atoms with Gasteiger partial charge in [-0.2, -0.15) is 0 Å². The van der Waals surface area contributed by atoms with Gasteiger partial charge in [0.05, 0.1) is 0 Å². The Bertz CT molecular complexity index is 471. The van der Waals surface area contributed by atoms with Crippen molar-refractivity contribution in [1.29, 1.82) is 0 Å². The molecule has 1 saturated carbocycles. The third-order valence-corrected chi connectivity index (χ3v) is 4.05. The lowest BCUT2D eigenvalue weighted by atomic mass is 9.87. The van der Waals surface area contributed by atoms with Gasteiger partial charge in [-0.05, 0) is 36.5 Å². The fourth-order valence-corrected chi connectivity index (χ4v) is 2.77. The summed E-state index contributed by atoms with van der Waals surface area (Å²) < 4.78 is 13.8. The molecule has 2 nitrogen and oxygen atoms in total. The number of hydrogen-bond donors (Lipinski definition) is 2. The summed E-state index contributed by atoms with van der Waals surface area (Å²) in [5, 5.41) is 3.41. The summed E-state index contributed by atoms with van der Waals surface area (Å²) in [7, 11) is 0. The second-order valence-corrected chi connectivity index (χ2v) is 6.08. The van der Waals surface area contributed by atoms with Crippen molar-refractivity contribution in [2.24, 2.45) is 11.1 Å². The van der Waals surface area contributed by atoms with Crippen LogP contribution in [0, 0.1) is 11.2 Å². The molecule has 0 bridgehead atoms. The van der Waals surface area contributed by atoms with Crippen molar-refractivity contribution < 1.29 is 4.39 Å². The molecule has 0 heterocycles. The number of thiocarbonyl (C=S) groups is 1. The van der Waals surface area contributed by atoms with Gasteiger partial charge in [0.15, 0.2) is 0 Å². The minimum absolute atomic E-state index is 0.0975. The molecule has 0 radical (unpaired) electrons. The third kappa shape index (κ3) is 2.64. The highest BCUT2D eigenvalue weighted by atomic mass is 32.1. The van der Waals surface area contributed by atoms with Gasteiger partial charge in [-0.3, -0.25) is 0 Å². The number of rotatable bonds is 3. The molecule has 1 aliphatic rings. The summed E-state index contributed by atoms with van der Waals surface area (Å²) >= 11 is 4.79. The molecule has 1 fully saturated rings. The van der Waals surface area contributed by atoms with Gasteiger partial charge in [0.25, 0.3) is 0 Å². The number of anilines is 1. The predicted octanol–water partition coefficient (Wildman–Crippen LogP) is 3.45. The average molecular weight is 266 g/mol. The van der Waals surface area contributed by atoms with Crippen LogP contribution < -0.4 is 11.1 Å². The van der Waals surface area contributed by atoms with E-state index in [0.29, 0.717) is 11.6 Å². The highest BCUT2D eigenvalue weighted by Crippen LogP contribution is 2.39. The van der Waals surface area contributed by atoms with Crippen LogP contribution >= 0.6 is 12.2 Å². The van der Waals surface area contributed by atoms with Crippen molar-refractivity contribution in [2.75, 3.05) is 5.32 Å². The van der Waals surface area contributed by atoms with Gasteiger partial charge in [0.2, 0.25) is 0 Å². The molecule has 4 heteroatoms. The molecule has 0 amide bonds. The van der Waals surface area contributed by atoms with Gasteiger partial charge < -0.3 is 11.1 Å². The molecule has 1 aromatic carbocycles. The Kier molecular flexibility index (Phi) is 3.57. The number of nitrogens with two attached hydrogens (primary N) is 1. The Morgan fingerprint density at radius 2 is 2.22 bits per heavy atom. The molecular formula is C14H19FN2S. The third-order valence-electron chi connectivity index (χ3n) is 3.83. The van der Waals surface area contributed by atoms with E-state index in [1.54, 1.807) is 6.07 Å². The largest absolute Gasteiger partial charge is 0.389 e.